The fourth-order valence-electron chi connectivity index (χ4n) is 4.23. The number of imidazole rings is 1. The number of carbonyl (C=O) groups excluding carboxylic acids is 1. The van der Waals surface area contributed by atoms with E-state index in [4.69, 9.17) is 26.1 Å². The first-order valence-electron chi connectivity index (χ1n) is 10.9. The van der Waals surface area contributed by atoms with E-state index in [9.17, 15) is 4.79 Å². The Morgan fingerprint density at radius 3 is 2.76 bits per heavy atom. The average Bonchev–Trinajstić information content (AvgIpc) is 3.51. The second-order valence-corrected chi connectivity index (χ2v) is 8.49. The van der Waals surface area contributed by atoms with Crippen LogP contribution in [0.4, 0.5) is 5.69 Å². The van der Waals surface area contributed by atoms with Crippen molar-refractivity contribution in [2.75, 3.05) is 32.2 Å². The molecule has 5 rings (SSSR count). The Morgan fingerprint density at radius 1 is 1.15 bits per heavy atom. The van der Waals surface area contributed by atoms with Crippen molar-refractivity contribution in [3.8, 4) is 22.8 Å². The summed E-state index contributed by atoms with van der Waals surface area (Å²) in [7, 11) is 3.18. The SMILES string of the molecule is COc1cc(OC)c(-c2cn3ccc(N4CCC(NC(=O)c5ccccn5)C4)cc3n2)cc1Cl. The van der Waals surface area contributed by atoms with Crippen LogP contribution in [0.15, 0.2) is 61.1 Å². The highest BCUT2D eigenvalue weighted by molar-refractivity contribution is 6.32. The number of halogens is 1. The third-order valence-corrected chi connectivity index (χ3v) is 6.28. The van der Waals surface area contributed by atoms with Gasteiger partial charge >= 0.3 is 0 Å². The molecule has 1 saturated heterocycles. The number of nitrogens with zero attached hydrogens (tertiary/aromatic N) is 4. The van der Waals surface area contributed by atoms with Crippen LogP contribution >= 0.6 is 11.6 Å². The molecule has 0 aliphatic carbocycles. The molecule has 1 N–H and O–H groups in total. The summed E-state index contributed by atoms with van der Waals surface area (Å²) < 4.78 is 12.8. The molecular weight excluding hydrogens is 454 g/mol. The molecule has 4 aromatic rings. The molecule has 1 aromatic carbocycles. The van der Waals surface area contributed by atoms with Gasteiger partial charge in [-0.1, -0.05) is 17.7 Å². The zero-order chi connectivity index (χ0) is 23.7. The Morgan fingerprint density at radius 2 is 2.00 bits per heavy atom. The van der Waals surface area contributed by atoms with Crippen molar-refractivity contribution in [1.29, 1.82) is 0 Å². The largest absolute Gasteiger partial charge is 0.496 e. The number of carbonyl (C=O) groups is 1. The van der Waals surface area contributed by atoms with Crippen LogP contribution in [0.2, 0.25) is 5.02 Å². The Kier molecular flexibility index (Phi) is 5.98. The minimum Gasteiger partial charge on any atom is -0.496 e. The molecule has 3 aromatic heterocycles. The molecule has 0 spiro atoms. The number of hydrogen-bond donors (Lipinski definition) is 1. The number of amides is 1. The number of benzene rings is 1. The number of aromatic nitrogens is 3. The van der Waals surface area contributed by atoms with Crippen molar-refractivity contribution in [3.63, 3.8) is 0 Å². The summed E-state index contributed by atoms with van der Waals surface area (Å²) in [4.78, 5) is 23.6. The summed E-state index contributed by atoms with van der Waals surface area (Å²) >= 11 is 6.35. The smallest absolute Gasteiger partial charge is 0.270 e. The molecule has 34 heavy (non-hydrogen) atoms. The Hall–Kier alpha value is -3.78. The van der Waals surface area contributed by atoms with Crippen molar-refractivity contribution < 1.29 is 14.3 Å². The van der Waals surface area contributed by atoms with Gasteiger partial charge in [-0.2, -0.15) is 0 Å². The van der Waals surface area contributed by atoms with E-state index in [2.05, 4.69) is 21.3 Å². The van der Waals surface area contributed by atoms with Gasteiger partial charge in [0.25, 0.3) is 5.91 Å². The minimum absolute atomic E-state index is 0.0618. The first-order valence-corrected chi connectivity index (χ1v) is 11.3. The van der Waals surface area contributed by atoms with Crippen LogP contribution in [0.1, 0.15) is 16.9 Å². The van der Waals surface area contributed by atoms with Gasteiger partial charge in [0.1, 0.15) is 22.8 Å². The lowest BCUT2D eigenvalue weighted by Crippen LogP contribution is -2.37. The van der Waals surface area contributed by atoms with E-state index in [-0.39, 0.29) is 11.9 Å². The van der Waals surface area contributed by atoms with Crippen molar-refractivity contribution in [2.24, 2.45) is 0 Å². The highest BCUT2D eigenvalue weighted by Crippen LogP contribution is 2.38. The van der Waals surface area contributed by atoms with Gasteiger partial charge in [0, 0.05) is 61.1 Å². The third-order valence-electron chi connectivity index (χ3n) is 5.98. The molecule has 1 atom stereocenters. The van der Waals surface area contributed by atoms with E-state index in [0.29, 0.717) is 22.2 Å². The predicted octanol–water partition coefficient (Wildman–Crippen LogP) is 4.08. The third kappa shape index (κ3) is 4.24. The van der Waals surface area contributed by atoms with Gasteiger partial charge in [0.2, 0.25) is 0 Å². The second-order valence-electron chi connectivity index (χ2n) is 8.08. The number of ether oxygens (including phenoxy) is 2. The Balaban J connectivity index is 1.35. The average molecular weight is 478 g/mol. The summed E-state index contributed by atoms with van der Waals surface area (Å²) in [5.74, 6) is 1.04. The van der Waals surface area contributed by atoms with E-state index in [1.54, 1.807) is 44.7 Å². The standard InChI is InChI=1S/C25H24ClN5O3/c1-33-22-13-23(34-2)19(26)12-18(22)21-15-31-10-7-17(11-24(31)29-21)30-9-6-16(14-30)28-25(32)20-5-3-4-8-27-20/h3-5,7-8,10-13,15-16H,6,9,14H2,1-2H3,(H,28,32). The van der Waals surface area contributed by atoms with Crippen molar-refractivity contribution in [1.82, 2.24) is 19.7 Å². The lowest BCUT2D eigenvalue weighted by Gasteiger charge is -2.19. The fourth-order valence-corrected chi connectivity index (χ4v) is 4.47. The quantitative estimate of drug-likeness (QED) is 0.451. The topological polar surface area (TPSA) is 81.0 Å². The second kappa shape index (κ2) is 9.23. The summed E-state index contributed by atoms with van der Waals surface area (Å²) in [5.41, 5.74) is 3.83. The number of anilines is 1. The number of rotatable bonds is 6. The van der Waals surface area contributed by atoms with Crippen LogP contribution in [-0.4, -0.2) is 53.6 Å². The number of hydrogen-bond acceptors (Lipinski definition) is 6. The number of nitrogens with one attached hydrogen (secondary N) is 1. The van der Waals surface area contributed by atoms with Crippen LogP contribution in [0.5, 0.6) is 11.5 Å². The Bertz CT molecular complexity index is 1340. The maximum absolute atomic E-state index is 12.4. The molecule has 174 valence electrons. The monoisotopic (exact) mass is 477 g/mol. The molecule has 0 radical (unpaired) electrons. The van der Waals surface area contributed by atoms with Gasteiger partial charge in [0.15, 0.2) is 0 Å². The number of pyridine rings is 2. The summed E-state index contributed by atoms with van der Waals surface area (Å²) in [6.45, 7) is 1.57. The number of fused-ring (bicyclic) bond motifs is 1. The van der Waals surface area contributed by atoms with Crippen molar-refractivity contribution >= 4 is 28.8 Å². The zero-order valence-electron chi connectivity index (χ0n) is 18.9. The lowest BCUT2D eigenvalue weighted by molar-refractivity contribution is 0.0935. The van der Waals surface area contributed by atoms with Crippen LogP contribution in [0.25, 0.3) is 16.9 Å². The molecule has 1 amide bonds. The summed E-state index contributed by atoms with van der Waals surface area (Å²) in [6.07, 6.45) is 6.42. The van der Waals surface area contributed by atoms with Gasteiger partial charge in [-0.3, -0.25) is 9.78 Å². The van der Waals surface area contributed by atoms with E-state index in [1.807, 2.05) is 28.9 Å². The summed E-state index contributed by atoms with van der Waals surface area (Å²) in [5, 5.41) is 3.58. The van der Waals surface area contributed by atoms with Crippen LogP contribution < -0.4 is 19.7 Å². The highest BCUT2D eigenvalue weighted by atomic mass is 35.5. The molecule has 8 nitrogen and oxygen atoms in total. The highest BCUT2D eigenvalue weighted by Gasteiger charge is 2.25. The molecule has 4 heterocycles. The minimum atomic E-state index is -0.145. The number of methoxy groups -OCH3 is 2. The molecule has 1 aliphatic rings. The lowest BCUT2D eigenvalue weighted by atomic mass is 10.1. The normalized spacial score (nSPS) is 15.5. The molecular formula is C25H24ClN5O3. The zero-order valence-corrected chi connectivity index (χ0v) is 19.6. The van der Waals surface area contributed by atoms with Crippen LogP contribution in [0.3, 0.4) is 0 Å². The molecule has 9 heteroatoms. The molecule has 0 saturated carbocycles. The van der Waals surface area contributed by atoms with Gasteiger partial charge in [-0.05, 0) is 30.7 Å². The predicted molar refractivity (Wildman–Crippen MR) is 131 cm³/mol. The van der Waals surface area contributed by atoms with Gasteiger partial charge < -0.3 is 24.1 Å². The first kappa shape index (κ1) is 22.0. The van der Waals surface area contributed by atoms with E-state index >= 15 is 0 Å². The van der Waals surface area contributed by atoms with Crippen molar-refractivity contribution in [2.45, 2.75) is 12.5 Å². The van der Waals surface area contributed by atoms with E-state index in [1.165, 1.54) is 0 Å². The van der Waals surface area contributed by atoms with Gasteiger partial charge in [0.05, 0.1) is 24.9 Å². The molecule has 1 fully saturated rings. The Labute approximate surface area is 202 Å². The first-order chi connectivity index (χ1) is 16.6. The van der Waals surface area contributed by atoms with E-state index < -0.39 is 0 Å². The maximum Gasteiger partial charge on any atom is 0.270 e. The fraction of sp³-hybridized carbons (Fsp3) is 0.240. The van der Waals surface area contributed by atoms with Crippen LogP contribution in [0, 0.1) is 0 Å². The van der Waals surface area contributed by atoms with Crippen molar-refractivity contribution in [3.05, 3.63) is 71.8 Å². The van der Waals surface area contributed by atoms with E-state index in [0.717, 1.165) is 42.1 Å². The summed E-state index contributed by atoms with van der Waals surface area (Å²) in [6, 6.07) is 13.1. The van der Waals surface area contributed by atoms with Crippen LogP contribution in [-0.2, 0) is 0 Å². The van der Waals surface area contributed by atoms with Gasteiger partial charge in [-0.25, -0.2) is 4.98 Å². The van der Waals surface area contributed by atoms with Gasteiger partial charge in [-0.15, -0.1) is 0 Å². The molecule has 1 unspecified atom stereocenters. The molecule has 1 aliphatic heterocycles. The molecule has 0 bridgehead atoms. The maximum atomic E-state index is 12.4.